The summed E-state index contributed by atoms with van der Waals surface area (Å²) in [7, 11) is 0. The van der Waals surface area contributed by atoms with E-state index in [9.17, 15) is 15.0 Å². The molecule has 2 aromatic rings. The summed E-state index contributed by atoms with van der Waals surface area (Å²) in [6, 6.07) is 10.8. The van der Waals surface area contributed by atoms with Gasteiger partial charge in [0.25, 0.3) is 0 Å². The lowest BCUT2D eigenvalue weighted by Crippen LogP contribution is -2.05. The number of hydrogen-bond donors (Lipinski definition) is 3. The van der Waals surface area contributed by atoms with Crippen molar-refractivity contribution in [1.82, 2.24) is 0 Å². The fourth-order valence-corrected chi connectivity index (χ4v) is 1.56. The number of ketones is 1. The summed E-state index contributed by atoms with van der Waals surface area (Å²) in [4.78, 5) is 12.1. The number of aromatic hydroxyl groups is 2. The van der Waals surface area contributed by atoms with Crippen LogP contribution < -0.4 is 5.73 Å². The molecule has 0 spiro atoms. The van der Waals surface area contributed by atoms with Crippen LogP contribution in [0.2, 0.25) is 0 Å². The number of carbonyl (C=O) groups excluding carboxylic acids is 1. The van der Waals surface area contributed by atoms with Crippen LogP contribution in [0.1, 0.15) is 15.9 Å². The van der Waals surface area contributed by atoms with Crippen LogP contribution in [-0.4, -0.2) is 16.0 Å². The summed E-state index contributed by atoms with van der Waals surface area (Å²) in [5, 5.41) is 18.9. The molecule has 4 nitrogen and oxygen atoms in total. The predicted molar refractivity (Wildman–Crippen MR) is 64.1 cm³/mol. The molecule has 4 N–H and O–H groups in total. The van der Waals surface area contributed by atoms with Crippen molar-refractivity contribution in [2.75, 3.05) is 5.73 Å². The van der Waals surface area contributed by atoms with Gasteiger partial charge in [-0.25, -0.2) is 0 Å². The van der Waals surface area contributed by atoms with E-state index >= 15 is 0 Å². The van der Waals surface area contributed by atoms with E-state index in [1.54, 1.807) is 24.3 Å². The molecule has 17 heavy (non-hydrogen) atoms. The van der Waals surface area contributed by atoms with E-state index in [-0.39, 0.29) is 11.3 Å². The van der Waals surface area contributed by atoms with Gasteiger partial charge in [0.15, 0.2) is 17.3 Å². The Morgan fingerprint density at radius 2 is 1.59 bits per heavy atom. The largest absolute Gasteiger partial charge is 0.504 e. The van der Waals surface area contributed by atoms with Gasteiger partial charge in [-0.05, 0) is 24.3 Å². The quantitative estimate of drug-likeness (QED) is 0.417. The summed E-state index contributed by atoms with van der Waals surface area (Å²) >= 11 is 0. The van der Waals surface area contributed by atoms with Gasteiger partial charge in [0.05, 0.1) is 5.56 Å². The number of rotatable bonds is 2. The topological polar surface area (TPSA) is 83.6 Å². The average molecular weight is 229 g/mol. The molecule has 0 aliphatic heterocycles. The van der Waals surface area contributed by atoms with Crippen LogP contribution in [0.4, 0.5) is 5.69 Å². The monoisotopic (exact) mass is 229 g/mol. The third-order valence-corrected chi connectivity index (χ3v) is 2.46. The van der Waals surface area contributed by atoms with Crippen molar-refractivity contribution in [2.45, 2.75) is 0 Å². The fourth-order valence-electron chi connectivity index (χ4n) is 1.56. The highest BCUT2D eigenvalue weighted by Crippen LogP contribution is 2.30. The highest BCUT2D eigenvalue weighted by Gasteiger charge is 2.17. The second kappa shape index (κ2) is 4.17. The molecule has 4 heteroatoms. The predicted octanol–water partition coefficient (Wildman–Crippen LogP) is 1.91. The zero-order valence-electron chi connectivity index (χ0n) is 8.92. The summed E-state index contributed by atoms with van der Waals surface area (Å²) in [6.45, 7) is 0. The highest BCUT2D eigenvalue weighted by molar-refractivity contribution is 6.13. The second-order valence-corrected chi connectivity index (χ2v) is 3.59. The van der Waals surface area contributed by atoms with E-state index in [1.807, 2.05) is 0 Å². The van der Waals surface area contributed by atoms with Crippen molar-refractivity contribution in [1.29, 1.82) is 0 Å². The Kier molecular flexibility index (Phi) is 2.70. The van der Waals surface area contributed by atoms with Crippen molar-refractivity contribution in [3.05, 3.63) is 53.6 Å². The Hall–Kier alpha value is -2.49. The van der Waals surface area contributed by atoms with E-state index in [0.717, 1.165) is 0 Å². The summed E-state index contributed by atoms with van der Waals surface area (Å²) in [6.07, 6.45) is 0. The number of nitrogen functional groups attached to an aromatic ring is 1. The lowest BCUT2D eigenvalue weighted by molar-refractivity contribution is 0.103. The lowest BCUT2D eigenvalue weighted by Gasteiger charge is -2.07. The molecule has 0 fully saturated rings. The number of hydrogen-bond acceptors (Lipinski definition) is 4. The van der Waals surface area contributed by atoms with Crippen molar-refractivity contribution >= 4 is 11.5 Å². The Balaban J connectivity index is 2.52. The molecule has 0 heterocycles. The minimum Gasteiger partial charge on any atom is -0.504 e. The first kappa shape index (κ1) is 11.0. The number of phenols is 2. The summed E-state index contributed by atoms with van der Waals surface area (Å²) < 4.78 is 0. The van der Waals surface area contributed by atoms with Gasteiger partial charge >= 0.3 is 0 Å². The molecule has 0 aliphatic rings. The molecule has 2 rings (SSSR count). The Labute approximate surface area is 97.9 Å². The summed E-state index contributed by atoms with van der Waals surface area (Å²) in [5.74, 6) is -1.18. The van der Waals surface area contributed by atoms with E-state index in [2.05, 4.69) is 0 Å². The SMILES string of the molecule is Nc1ccccc1C(=O)c1cccc(O)c1O. The Morgan fingerprint density at radius 1 is 0.941 bits per heavy atom. The standard InChI is InChI=1S/C13H11NO3/c14-10-6-2-1-4-8(10)12(16)9-5-3-7-11(15)13(9)17/h1-7,15,17H,14H2. The zero-order chi connectivity index (χ0) is 12.4. The smallest absolute Gasteiger partial charge is 0.198 e. The van der Waals surface area contributed by atoms with Gasteiger partial charge in [-0.3, -0.25) is 4.79 Å². The van der Waals surface area contributed by atoms with E-state index < -0.39 is 11.5 Å². The number of para-hydroxylation sites is 2. The maximum Gasteiger partial charge on any atom is 0.198 e. The van der Waals surface area contributed by atoms with Crippen LogP contribution in [0.3, 0.4) is 0 Å². The second-order valence-electron chi connectivity index (χ2n) is 3.59. The molecule has 0 amide bonds. The normalized spacial score (nSPS) is 10.1. The van der Waals surface area contributed by atoms with Crippen molar-refractivity contribution in [2.24, 2.45) is 0 Å². The average Bonchev–Trinajstić information content (AvgIpc) is 2.32. The molecule has 0 radical (unpaired) electrons. The Bertz CT molecular complexity index is 579. The van der Waals surface area contributed by atoms with E-state index in [4.69, 9.17) is 5.73 Å². The third kappa shape index (κ3) is 1.92. The molecule has 86 valence electrons. The zero-order valence-corrected chi connectivity index (χ0v) is 8.92. The minimum atomic E-state index is -0.430. The van der Waals surface area contributed by atoms with Crippen LogP contribution in [0.15, 0.2) is 42.5 Å². The molecule has 0 bridgehead atoms. The van der Waals surface area contributed by atoms with Gasteiger partial charge in [-0.2, -0.15) is 0 Å². The molecule has 2 aromatic carbocycles. The van der Waals surface area contributed by atoms with Gasteiger partial charge < -0.3 is 15.9 Å². The third-order valence-electron chi connectivity index (χ3n) is 2.46. The van der Waals surface area contributed by atoms with Crippen LogP contribution in [0, 0.1) is 0 Å². The molecule has 0 unspecified atom stereocenters. The number of benzene rings is 2. The summed E-state index contributed by atoms with van der Waals surface area (Å²) in [5.41, 5.74) is 6.35. The fraction of sp³-hybridized carbons (Fsp3) is 0. The van der Waals surface area contributed by atoms with Crippen LogP contribution in [0.25, 0.3) is 0 Å². The van der Waals surface area contributed by atoms with Gasteiger partial charge in [0, 0.05) is 11.3 Å². The highest BCUT2D eigenvalue weighted by atomic mass is 16.3. The first-order valence-corrected chi connectivity index (χ1v) is 5.01. The van der Waals surface area contributed by atoms with Gasteiger partial charge in [0.2, 0.25) is 0 Å². The van der Waals surface area contributed by atoms with E-state index in [1.165, 1.54) is 18.2 Å². The molecule has 0 saturated heterocycles. The molecule has 0 saturated carbocycles. The molecule has 0 atom stereocenters. The molecular formula is C13H11NO3. The Morgan fingerprint density at radius 3 is 2.29 bits per heavy atom. The van der Waals surface area contributed by atoms with Crippen molar-refractivity contribution in [3.63, 3.8) is 0 Å². The van der Waals surface area contributed by atoms with Gasteiger partial charge in [-0.15, -0.1) is 0 Å². The van der Waals surface area contributed by atoms with Crippen LogP contribution >= 0.6 is 0 Å². The molecule has 0 aromatic heterocycles. The first-order chi connectivity index (χ1) is 8.11. The molecule has 0 aliphatic carbocycles. The van der Waals surface area contributed by atoms with Crippen molar-refractivity contribution in [3.8, 4) is 11.5 Å². The number of carbonyl (C=O) groups is 1. The van der Waals surface area contributed by atoms with E-state index in [0.29, 0.717) is 11.3 Å². The van der Waals surface area contributed by atoms with Crippen LogP contribution in [-0.2, 0) is 0 Å². The van der Waals surface area contributed by atoms with Gasteiger partial charge in [-0.1, -0.05) is 18.2 Å². The maximum atomic E-state index is 12.1. The number of phenolic OH excluding ortho intramolecular Hbond substituents is 2. The van der Waals surface area contributed by atoms with Gasteiger partial charge in [0.1, 0.15) is 0 Å². The van der Waals surface area contributed by atoms with Crippen molar-refractivity contribution < 1.29 is 15.0 Å². The van der Waals surface area contributed by atoms with Crippen LogP contribution in [0.5, 0.6) is 11.5 Å². The number of nitrogens with two attached hydrogens (primary N) is 1. The number of anilines is 1. The minimum absolute atomic E-state index is 0.0305. The first-order valence-electron chi connectivity index (χ1n) is 5.01. The molecular weight excluding hydrogens is 218 g/mol. The lowest BCUT2D eigenvalue weighted by atomic mass is 10.0. The maximum absolute atomic E-state index is 12.1.